The zero-order valence-electron chi connectivity index (χ0n) is 17.0. The third-order valence-corrected chi connectivity index (χ3v) is 6.01. The first-order valence-electron chi connectivity index (χ1n) is 10.1. The summed E-state index contributed by atoms with van der Waals surface area (Å²) in [5.41, 5.74) is -1.89. The van der Waals surface area contributed by atoms with E-state index in [2.05, 4.69) is 4.99 Å². The Morgan fingerprint density at radius 3 is 2.42 bits per heavy atom. The number of aliphatic imine (C=N–C) groups is 1. The van der Waals surface area contributed by atoms with Gasteiger partial charge in [0.15, 0.2) is 0 Å². The van der Waals surface area contributed by atoms with Crippen LogP contribution < -0.4 is 0 Å². The number of hydrogen-bond donors (Lipinski definition) is 1. The number of fused-ring (bicyclic) bond motifs is 2. The van der Waals surface area contributed by atoms with Crippen molar-refractivity contribution >= 4 is 17.1 Å². The molecule has 1 aromatic heterocycles. The lowest BCUT2D eigenvalue weighted by molar-refractivity contribution is -0.271. The molecule has 0 saturated carbocycles. The number of aliphatic hydroxyl groups is 1. The summed E-state index contributed by atoms with van der Waals surface area (Å²) >= 11 is 0. The lowest BCUT2D eigenvalue weighted by Gasteiger charge is -2.32. The van der Waals surface area contributed by atoms with Gasteiger partial charge >= 0.3 is 6.18 Å². The first kappa shape index (κ1) is 21.3. The third-order valence-electron chi connectivity index (χ3n) is 6.01. The summed E-state index contributed by atoms with van der Waals surface area (Å²) in [5, 5.41) is 11.4. The van der Waals surface area contributed by atoms with Gasteiger partial charge in [-0.2, -0.15) is 13.2 Å². The molecule has 1 N–H and O–H groups in total. The Labute approximate surface area is 185 Å². The predicted molar refractivity (Wildman–Crippen MR) is 114 cm³/mol. The molecule has 3 aromatic carbocycles. The van der Waals surface area contributed by atoms with Crippen molar-refractivity contribution in [3.8, 4) is 0 Å². The van der Waals surface area contributed by atoms with Crippen molar-refractivity contribution in [1.29, 1.82) is 0 Å². The first-order valence-corrected chi connectivity index (χ1v) is 10.1. The molecule has 5 rings (SSSR count). The Bertz CT molecular complexity index is 1370. The zero-order chi connectivity index (χ0) is 23.4. The van der Waals surface area contributed by atoms with Crippen LogP contribution in [-0.4, -0.2) is 22.1 Å². The smallest absolute Gasteiger partial charge is 0.375 e. The molecule has 1 aliphatic rings. The highest BCUT2D eigenvalue weighted by Gasteiger charge is 2.55. The van der Waals surface area contributed by atoms with Gasteiger partial charge in [-0.25, -0.2) is 8.78 Å². The molecule has 0 radical (unpaired) electrons. The van der Waals surface area contributed by atoms with Crippen LogP contribution in [-0.2, 0) is 12.1 Å². The van der Waals surface area contributed by atoms with Gasteiger partial charge in [0.1, 0.15) is 17.7 Å². The van der Waals surface area contributed by atoms with Crippen molar-refractivity contribution in [1.82, 2.24) is 4.57 Å². The number of benzene rings is 3. The second kappa shape index (κ2) is 7.52. The Balaban J connectivity index is 1.55. The van der Waals surface area contributed by atoms with Gasteiger partial charge in [0.05, 0.1) is 12.1 Å². The van der Waals surface area contributed by atoms with Gasteiger partial charge in [0.2, 0.25) is 5.60 Å². The maximum absolute atomic E-state index is 14.3. The van der Waals surface area contributed by atoms with Gasteiger partial charge in [0, 0.05) is 17.8 Å². The first-order chi connectivity index (χ1) is 15.7. The van der Waals surface area contributed by atoms with Crippen LogP contribution in [0.15, 0.2) is 77.9 Å². The molecular formula is C25H17F5N2O. The molecule has 0 bridgehead atoms. The van der Waals surface area contributed by atoms with E-state index >= 15 is 0 Å². The van der Waals surface area contributed by atoms with Crippen LogP contribution in [0.4, 0.5) is 22.0 Å². The van der Waals surface area contributed by atoms with Crippen LogP contribution in [0.5, 0.6) is 0 Å². The van der Waals surface area contributed by atoms with E-state index in [0.29, 0.717) is 22.1 Å². The highest BCUT2D eigenvalue weighted by atomic mass is 19.4. The highest BCUT2D eigenvalue weighted by Crippen LogP contribution is 2.43. The molecule has 0 saturated heterocycles. The Hall–Kier alpha value is -3.52. The van der Waals surface area contributed by atoms with Gasteiger partial charge in [-0.3, -0.25) is 4.99 Å². The second-order valence-electron chi connectivity index (χ2n) is 8.06. The Morgan fingerprint density at radius 1 is 0.939 bits per heavy atom. The molecule has 0 amide bonds. The minimum absolute atomic E-state index is 0.0146. The molecule has 0 fully saturated rings. The van der Waals surface area contributed by atoms with Crippen molar-refractivity contribution in [3.63, 3.8) is 0 Å². The molecule has 3 nitrogen and oxygen atoms in total. The van der Waals surface area contributed by atoms with E-state index in [0.717, 1.165) is 10.6 Å². The van der Waals surface area contributed by atoms with Gasteiger partial charge in [0.25, 0.3) is 0 Å². The van der Waals surface area contributed by atoms with Gasteiger partial charge in [-0.15, -0.1) is 0 Å². The monoisotopic (exact) mass is 456 g/mol. The molecule has 2 unspecified atom stereocenters. The number of halogens is 5. The largest absolute Gasteiger partial charge is 0.423 e. The molecule has 4 aromatic rings. The summed E-state index contributed by atoms with van der Waals surface area (Å²) in [7, 11) is 0. The third kappa shape index (κ3) is 3.51. The van der Waals surface area contributed by atoms with Crippen molar-refractivity contribution in [3.05, 3.63) is 107 Å². The Morgan fingerprint density at radius 2 is 1.70 bits per heavy atom. The molecule has 0 spiro atoms. The van der Waals surface area contributed by atoms with Crippen molar-refractivity contribution < 1.29 is 27.1 Å². The summed E-state index contributed by atoms with van der Waals surface area (Å²) in [6.45, 7) is -0.918. The molecule has 1 aliphatic heterocycles. The molecule has 168 valence electrons. The van der Waals surface area contributed by atoms with Crippen molar-refractivity contribution in [2.24, 2.45) is 4.99 Å². The molecule has 2 heterocycles. The number of nitrogens with zero attached hydrogens (tertiary/aromatic N) is 2. The SMILES string of the molecule is OC(Cn1ccc2cccc(F)c21)(c1ccc2c(c1)C=NC2c1ccc(F)cc1)C(F)(F)F. The fourth-order valence-corrected chi connectivity index (χ4v) is 4.28. The summed E-state index contributed by atoms with van der Waals surface area (Å²) < 4.78 is 71.2. The van der Waals surface area contributed by atoms with E-state index in [1.165, 1.54) is 54.9 Å². The maximum Gasteiger partial charge on any atom is 0.423 e. The van der Waals surface area contributed by atoms with E-state index in [1.807, 2.05) is 0 Å². The second-order valence-corrected chi connectivity index (χ2v) is 8.06. The minimum Gasteiger partial charge on any atom is -0.375 e. The lowest BCUT2D eigenvalue weighted by atomic mass is 9.88. The lowest BCUT2D eigenvalue weighted by Crippen LogP contribution is -2.45. The normalized spacial score (nSPS) is 17.3. The molecule has 8 heteroatoms. The van der Waals surface area contributed by atoms with E-state index in [1.54, 1.807) is 18.2 Å². The van der Waals surface area contributed by atoms with Crippen LogP contribution >= 0.6 is 0 Å². The summed E-state index contributed by atoms with van der Waals surface area (Å²) in [6, 6.07) is 14.9. The van der Waals surface area contributed by atoms with Gasteiger partial charge in [-0.1, -0.05) is 36.4 Å². The van der Waals surface area contributed by atoms with Gasteiger partial charge < -0.3 is 9.67 Å². The van der Waals surface area contributed by atoms with E-state index < -0.39 is 36.0 Å². The van der Waals surface area contributed by atoms with Crippen LogP contribution in [0.2, 0.25) is 0 Å². The molecule has 2 atom stereocenters. The van der Waals surface area contributed by atoms with Crippen LogP contribution in [0.25, 0.3) is 10.9 Å². The fourth-order valence-electron chi connectivity index (χ4n) is 4.28. The number of rotatable bonds is 4. The molecular weight excluding hydrogens is 439 g/mol. The van der Waals surface area contributed by atoms with Crippen LogP contribution in [0, 0.1) is 11.6 Å². The molecule has 33 heavy (non-hydrogen) atoms. The fraction of sp³-hybridized carbons (Fsp3) is 0.160. The van der Waals surface area contributed by atoms with Gasteiger partial charge in [-0.05, 0) is 52.6 Å². The summed E-state index contributed by atoms with van der Waals surface area (Å²) in [4.78, 5) is 4.35. The average Bonchev–Trinajstić information content (AvgIpc) is 3.38. The van der Waals surface area contributed by atoms with Crippen LogP contribution in [0.3, 0.4) is 0 Å². The van der Waals surface area contributed by atoms with E-state index in [9.17, 15) is 27.1 Å². The summed E-state index contributed by atoms with van der Waals surface area (Å²) in [6.07, 6.45) is -2.27. The number of hydrogen-bond acceptors (Lipinski definition) is 2. The van der Waals surface area contributed by atoms with Crippen molar-refractivity contribution in [2.45, 2.75) is 24.4 Å². The highest BCUT2D eigenvalue weighted by molar-refractivity contribution is 5.86. The zero-order valence-corrected chi connectivity index (χ0v) is 17.0. The van der Waals surface area contributed by atoms with Crippen molar-refractivity contribution in [2.75, 3.05) is 0 Å². The summed E-state index contributed by atoms with van der Waals surface area (Å²) in [5.74, 6) is -1.08. The van der Waals surface area contributed by atoms with E-state index in [4.69, 9.17) is 0 Å². The Kier molecular flexibility index (Phi) is 4.86. The number of aromatic nitrogens is 1. The van der Waals surface area contributed by atoms with Crippen LogP contribution in [0.1, 0.15) is 28.3 Å². The number of alkyl halides is 3. The standard InChI is InChI=1S/C25H17F5N2O/c26-19-7-4-15(5-8-19)22-20-9-6-18(12-17(20)13-31-22)24(33,25(28,29)30)14-32-11-10-16-2-1-3-21(27)23(16)32/h1-13,22,33H,14H2. The average molecular weight is 456 g/mol. The minimum atomic E-state index is -5.03. The maximum atomic E-state index is 14.3. The topological polar surface area (TPSA) is 37.5 Å². The predicted octanol–water partition coefficient (Wildman–Crippen LogP) is 5.89. The quantitative estimate of drug-likeness (QED) is 0.382. The molecule has 0 aliphatic carbocycles. The van der Waals surface area contributed by atoms with E-state index in [-0.39, 0.29) is 11.1 Å². The number of para-hydroxylation sites is 1.